The molecule has 0 atom stereocenters. The van der Waals surface area contributed by atoms with Gasteiger partial charge in [-0.1, -0.05) is 6.07 Å². The summed E-state index contributed by atoms with van der Waals surface area (Å²) in [6, 6.07) is 5.16. The van der Waals surface area contributed by atoms with Crippen molar-refractivity contribution in [3.63, 3.8) is 0 Å². The number of ether oxygens (including phenoxy) is 5. The molecule has 0 unspecified atom stereocenters. The van der Waals surface area contributed by atoms with E-state index in [9.17, 15) is 14.4 Å². The molecule has 9 heteroatoms. The van der Waals surface area contributed by atoms with E-state index in [1.54, 1.807) is 80.5 Å². The molecule has 0 aromatic heterocycles. The predicted octanol–water partition coefficient (Wildman–Crippen LogP) is 6.04. The smallest absolute Gasteiger partial charge is 0.497 e. The van der Waals surface area contributed by atoms with E-state index in [1.165, 1.54) is 7.11 Å². The van der Waals surface area contributed by atoms with Crippen LogP contribution in [-0.4, -0.2) is 47.2 Å². The summed E-state index contributed by atoms with van der Waals surface area (Å²) >= 11 is 0. The van der Waals surface area contributed by atoms with E-state index in [0.717, 1.165) is 4.90 Å². The van der Waals surface area contributed by atoms with Crippen molar-refractivity contribution in [3.8, 4) is 5.75 Å². The van der Waals surface area contributed by atoms with Crippen LogP contribution in [0.25, 0.3) is 5.76 Å². The maximum Gasteiger partial charge on any atom is 0.514 e. The molecule has 34 heavy (non-hydrogen) atoms. The molecule has 0 aliphatic heterocycles. The number of allylic oxidation sites excluding steroid dienone is 1. The number of methoxy groups -OCH3 is 1. The highest BCUT2D eigenvalue weighted by Crippen LogP contribution is 2.39. The molecule has 2 rings (SSSR count). The van der Waals surface area contributed by atoms with Crippen LogP contribution < -0.4 is 4.74 Å². The molecule has 0 radical (unpaired) electrons. The van der Waals surface area contributed by atoms with Crippen LogP contribution >= 0.6 is 0 Å². The van der Waals surface area contributed by atoms with Gasteiger partial charge in [0.2, 0.25) is 0 Å². The van der Waals surface area contributed by atoms with E-state index >= 15 is 0 Å². The van der Waals surface area contributed by atoms with Crippen LogP contribution in [0.4, 0.5) is 14.4 Å². The average molecular weight is 478 g/mol. The minimum atomic E-state index is -0.982. The van der Waals surface area contributed by atoms with Crippen LogP contribution in [0, 0.1) is 0 Å². The molecule has 1 aromatic rings. The topological polar surface area (TPSA) is 101 Å². The maximum atomic E-state index is 13.2. The van der Waals surface area contributed by atoms with Crippen LogP contribution in [0.3, 0.4) is 0 Å². The first-order valence-corrected chi connectivity index (χ1v) is 11.0. The van der Waals surface area contributed by atoms with Gasteiger partial charge in [-0.25, -0.2) is 14.4 Å². The highest BCUT2D eigenvalue weighted by Gasteiger charge is 2.40. The van der Waals surface area contributed by atoms with Crippen LogP contribution in [0.15, 0.2) is 23.9 Å². The third-order valence-corrected chi connectivity index (χ3v) is 4.18. The van der Waals surface area contributed by atoms with Gasteiger partial charge in [-0.15, -0.1) is 0 Å². The van der Waals surface area contributed by atoms with Gasteiger partial charge in [-0.05, 0) is 80.0 Å². The number of carbonyl (C=O) groups excluding carboxylic acids is 3. The second-order valence-electron chi connectivity index (χ2n) is 10.8. The summed E-state index contributed by atoms with van der Waals surface area (Å²) in [5, 5.41) is 0. The third-order valence-electron chi connectivity index (χ3n) is 4.18. The highest BCUT2D eigenvalue weighted by atomic mass is 16.7. The first kappa shape index (κ1) is 27.0. The van der Waals surface area contributed by atoms with E-state index in [2.05, 4.69) is 0 Å². The Kier molecular flexibility index (Phi) is 7.60. The van der Waals surface area contributed by atoms with Crippen LogP contribution in [-0.2, 0) is 25.4 Å². The number of nitrogens with zero attached hydrogens (tertiary/aromatic N) is 1. The van der Waals surface area contributed by atoms with E-state index < -0.39 is 35.1 Å². The Hall–Kier alpha value is -3.23. The van der Waals surface area contributed by atoms with Gasteiger partial charge in [0, 0.05) is 12.0 Å². The summed E-state index contributed by atoms with van der Waals surface area (Å²) < 4.78 is 27.1. The van der Waals surface area contributed by atoms with Gasteiger partial charge >= 0.3 is 18.3 Å². The lowest BCUT2D eigenvalue weighted by molar-refractivity contribution is 0.00425. The fourth-order valence-electron chi connectivity index (χ4n) is 3.02. The maximum absolute atomic E-state index is 13.2. The molecule has 0 N–H and O–H groups in total. The lowest BCUT2D eigenvalue weighted by Gasteiger charge is -2.29. The van der Waals surface area contributed by atoms with Gasteiger partial charge in [-0.2, -0.15) is 4.90 Å². The summed E-state index contributed by atoms with van der Waals surface area (Å²) in [6.45, 7) is 15.2. The Morgan fingerprint density at radius 1 is 0.794 bits per heavy atom. The summed E-state index contributed by atoms with van der Waals surface area (Å²) in [5.74, 6) is 0.492. The predicted molar refractivity (Wildman–Crippen MR) is 125 cm³/mol. The van der Waals surface area contributed by atoms with Gasteiger partial charge in [0.15, 0.2) is 5.76 Å². The number of rotatable bonds is 3. The second kappa shape index (κ2) is 9.56. The molecular weight excluding hydrogens is 442 g/mol. The SMILES string of the molecule is COc1ccc2c(c1)C(OC(=O)OC(C)(C)C)=C(N(C(=O)OC(C)(C)C)C(=O)OC(C)(C)C)C2. The van der Waals surface area contributed by atoms with Crippen molar-refractivity contribution < 1.29 is 38.1 Å². The molecule has 188 valence electrons. The molecule has 0 spiro atoms. The number of amides is 2. The normalized spacial score (nSPS) is 13.7. The summed E-state index contributed by atoms with van der Waals surface area (Å²) in [5.41, 5.74) is -1.30. The van der Waals surface area contributed by atoms with Gasteiger partial charge < -0.3 is 23.7 Å². The molecule has 1 aromatic carbocycles. The van der Waals surface area contributed by atoms with Gasteiger partial charge in [0.25, 0.3) is 0 Å². The molecular formula is C25H35NO8. The van der Waals surface area contributed by atoms with Gasteiger partial charge in [0.05, 0.1) is 12.8 Å². The molecule has 0 saturated carbocycles. The van der Waals surface area contributed by atoms with Gasteiger partial charge in [-0.3, -0.25) is 0 Å². The molecule has 1 aliphatic carbocycles. The van der Waals surface area contributed by atoms with Gasteiger partial charge in [0.1, 0.15) is 22.6 Å². The van der Waals surface area contributed by atoms with E-state index in [-0.39, 0.29) is 17.9 Å². The minimum Gasteiger partial charge on any atom is -0.497 e. The fourth-order valence-corrected chi connectivity index (χ4v) is 3.02. The van der Waals surface area contributed by atoms with Crippen molar-refractivity contribution in [2.75, 3.05) is 7.11 Å². The number of hydrogen-bond donors (Lipinski definition) is 0. The second-order valence-corrected chi connectivity index (χ2v) is 10.8. The van der Waals surface area contributed by atoms with E-state index in [4.69, 9.17) is 23.7 Å². The average Bonchev–Trinajstić information content (AvgIpc) is 2.94. The minimum absolute atomic E-state index is 0.0140. The zero-order valence-electron chi connectivity index (χ0n) is 21.7. The first-order valence-electron chi connectivity index (χ1n) is 11.0. The number of benzene rings is 1. The molecule has 1 aliphatic rings. The Labute approximate surface area is 200 Å². The standard InChI is InChI=1S/C25H35NO8/c1-23(2,3)32-20(27)26(21(28)33-24(4,5)6)18-13-15-11-12-16(30-10)14-17(15)19(18)31-22(29)34-25(7,8)9/h11-12,14H,13H2,1-10H3. The molecule has 0 bridgehead atoms. The largest absolute Gasteiger partial charge is 0.514 e. The van der Waals surface area contributed by atoms with Crippen LogP contribution in [0.2, 0.25) is 0 Å². The van der Waals surface area contributed by atoms with Crippen LogP contribution in [0.5, 0.6) is 5.75 Å². The third kappa shape index (κ3) is 7.40. The van der Waals surface area contributed by atoms with Crippen molar-refractivity contribution in [2.24, 2.45) is 0 Å². The Balaban J connectivity index is 2.64. The van der Waals surface area contributed by atoms with E-state index in [1.807, 2.05) is 0 Å². The molecule has 0 fully saturated rings. The molecule has 0 saturated heterocycles. The zero-order chi connectivity index (χ0) is 26.1. The van der Waals surface area contributed by atoms with Crippen molar-refractivity contribution in [1.82, 2.24) is 4.90 Å². The fraction of sp³-hybridized carbons (Fsp3) is 0.560. The Morgan fingerprint density at radius 2 is 1.29 bits per heavy atom. The van der Waals surface area contributed by atoms with E-state index in [0.29, 0.717) is 16.9 Å². The monoisotopic (exact) mass is 477 g/mol. The lowest BCUT2D eigenvalue weighted by Crippen LogP contribution is -2.43. The van der Waals surface area contributed by atoms with Crippen molar-refractivity contribution >= 4 is 24.1 Å². The van der Waals surface area contributed by atoms with Crippen LogP contribution in [0.1, 0.15) is 73.4 Å². The summed E-state index contributed by atoms with van der Waals surface area (Å²) in [7, 11) is 1.50. The Morgan fingerprint density at radius 3 is 1.74 bits per heavy atom. The number of carbonyl (C=O) groups is 3. The molecule has 2 amide bonds. The first-order chi connectivity index (χ1) is 15.4. The number of fused-ring (bicyclic) bond motifs is 1. The Bertz CT molecular complexity index is 962. The number of hydrogen-bond acceptors (Lipinski definition) is 8. The number of imide groups is 1. The highest BCUT2D eigenvalue weighted by molar-refractivity contribution is 5.94. The van der Waals surface area contributed by atoms with Crippen molar-refractivity contribution in [1.29, 1.82) is 0 Å². The quantitative estimate of drug-likeness (QED) is 0.383. The van der Waals surface area contributed by atoms with Crippen molar-refractivity contribution in [3.05, 3.63) is 35.0 Å². The molecule has 0 heterocycles. The van der Waals surface area contributed by atoms with Crippen molar-refractivity contribution in [2.45, 2.75) is 85.5 Å². The zero-order valence-corrected chi connectivity index (χ0v) is 21.7. The molecule has 9 nitrogen and oxygen atoms in total. The summed E-state index contributed by atoms with van der Waals surface area (Å²) in [6.07, 6.45) is -2.79. The summed E-state index contributed by atoms with van der Waals surface area (Å²) in [4.78, 5) is 39.7. The lowest BCUT2D eigenvalue weighted by atomic mass is 10.1.